The fourth-order valence-corrected chi connectivity index (χ4v) is 3.06. The second kappa shape index (κ2) is 6.27. The van der Waals surface area contributed by atoms with Gasteiger partial charge in [-0.2, -0.15) is 0 Å². The molecule has 0 aromatic heterocycles. The Morgan fingerprint density at radius 1 is 1.35 bits per heavy atom. The molecular formula is C16H22N2O2. The Morgan fingerprint density at radius 3 is 3.10 bits per heavy atom. The van der Waals surface area contributed by atoms with Crippen LogP contribution >= 0.6 is 0 Å². The maximum absolute atomic E-state index is 12.2. The first-order valence-corrected chi connectivity index (χ1v) is 7.60. The molecule has 1 N–H and O–H groups in total. The van der Waals surface area contributed by atoms with Crippen LogP contribution in [0.5, 0.6) is 5.75 Å². The maximum atomic E-state index is 12.2. The molecule has 0 radical (unpaired) electrons. The second-order valence-electron chi connectivity index (χ2n) is 5.55. The Morgan fingerprint density at radius 2 is 2.25 bits per heavy atom. The summed E-state index contributed by atoms with van der Waals surface area (Å²) < 4.78 is 5.65. The van der Waals surface area contributed by atoms with Gasteiger partial charge in [-0.1, -0.05) is 12.1 Å². The molecule has 1 fully saturated rings. The highest BCUT2D eigenvalue weighted by Crippen LogP contribution is 2.31. The van der Waals surface area contributed by atoms with Crippen molar-refractivity contribution in [2.45, 2.75) is 38.1 Å². The van der Waals surface area contributed by atoms with Gasteiger partial charge in [-0.15, -0.1) is 0 Å². The predicted molar refractivity (Wildman–Crippen MR) is 79.2 cm³/mol. The lowest BCUT2D eigenvalue weighted by Crippen LogP contribution is -2.32. The molecule has 2 heterocycles. The summed E-state index contributed by atoms with van der Waals surface area (Å²) in [7, 11) is 0. The zero-order chi connectivity index (χ0) is 13.8. The van der Waals surface area contributed by atoms with Crippen LogP contribution in [-0.4, -0.2) is 31.6 Å². The number of nitrogens with one attached hydrogen (secondary N) is 1. The average Bonchev–Trinajstić information content (AvgIpc) is 2.92. The molecule has 1 unspecified atom stereocenters. The van der Waals surface area contributed by atoms with Gasteiger partial charge in [0.25, 0.3) is 0 Å². The van der Waals surface area contributed by atoms with Crippen molar-refractivity contribution in [3.05, 3.63) is 24.3 Å². The number of fused-ring (bicyclic) bond motifs is 1. The molecule has 20 heavy (non-hydrogen) atoms. The van der Waals surface area contributed by atoms with Crippen LogP contribution in [0.1, 0.15) is 32.1 Å². The van der Waals surface area contributed by atoms with Gasteiger partial charge in [-0.3, -0.25) is 4.79 Å². The van der Waals surface area contributed by atoms with Crippen LogP contribution in [0.3, 0.4) is 0 Å². The normalized spacial score (nSPS) is 22.3. The molecule has 1 atom stereocenters. The predicted octanol–water partition coefficient (Wildman–Crippen LogP) is 2.33. The van der Waals surface area contributed by atoms with E-state index in [4.69, 9.17) is 4.74 Å². The molecule has 0 saturated carbocycles. The molecule has 0 aliphatic carbocycles. The zero-order valence-electron chi connectivity index (χ0n) is 11.8. The smallest absolute Gasteiger partial charge is 0.230 e. The van der Waals surface area contributed by atoms with Crippen LogP contribution in [0, 0.1) is 0 Å². The molecule has 3 rings (SSSR count). The fourth-order valence-electron chi connectivity index (χ4n) is 3.06. The van der Waals surface area contributed by atoms with Gasteiger partial charge in [0.1, 0.15) is 5.75 Å². The standard InChI is InChI=1S/C16H22N2O2/c19-16-9-12-20-15-8-2-1-7-14(15)18(16)11-4-6-13-5-3-10-17-13/h1-2,7-8,13,17H,3-6,9-12H2. The summed E-state index contributed by atoms with van der Waals surface area (Å²) in [5.74, 6) is 1.01. The first kappa shape index (κ1) is 13.4. The lowest BCUT2D eigenvalue weighted by molar-refractivity contribution is -0.118. The van der Waals surface area contributed by atoms with E-state index in [1.807, 2.05) is 29.2 Å². The number of benzene rings is 1. The highest BCUT2D eigenvalue weighted by atomic mass is 16.5. The van der Waals surface area contributed by atoms with Crippen molar-refractivity contribution in [3.63, 3.8) is 0 Å². The van der Waals surface area contributed by atoms with E-state index in [0.29, 0.717) is 19.1 Å². The van der Waals surface area contributed by atoms with Gasteiger partial charge < -0.3 is 15.0 Å². The van der Waals surface area contributed by atoms with Gasteiger partial charge in [0.15, 0.2) is 0 Å². The first-order chi connectivity index (χ1) is 9.84. The Bertz CT molecular complexity index is 469. The first-order valence-electron chi connectivity index (χ1n) is 7.60. The molecule has 0 spiro atoms. The zero-order valence-corrected chi connectivity index (χ0v) is 11.8. The largest absolute Gasteiger partial charge is 0.491 e. The van der Waals surface area contributed by atoms with Crippen LogP contribution in [-0.2, 0) is 4.79 Å². The fraction of sp³-hybridized carbons (Fsp3) is 0.562. The van der Waals surface area contributed by atoms with Crippen LogP contribution in [0.15, 0.2) is 24.3 Å². The Balaban J connectivity index is 1.65. The maximum Gasteiger partial charge on any atom is 0.230 e. The molecule has 108 valence electrons. The third-order valence-electron chi connectivity index (χ3n) is 4.13. The second-order valence-corrected chi connectivity index (χ2v) is 5.55. The van der Waals surface area contributed by atoms with Crippen molar-refractivity contribution in [2.75, 3.05) is 24.6 Å². The minimum absolute atomic E-state index is 0.175. The molecule has 2 aliphatic rings. The molecule has 0 bridgehead atoms. The van der Waals surface area contributed by atoms with E-state index in [2.05, 4.69) is 5.32 Å². The van der Waals surface area contributed by atoms with E-state index in [0.717, 1.165) is 37.4 Å². The summed E-state index contributed by atoms with van der Waals surface area (Å²) >= 11 is 0. The van der Waals surface area contributed by atoms with Gasteiger partial charge >= 0.3 is 0 Å². The van der Waals surface area contributed by atoms with E-state index in [1.54, 1.807) is 0 Å². The molecule has 4 nitrogen and oxygen atoms in total. The number of carbonyl (C=O) groups is 1. The number of rotatable bonds is 4. The van der Waals surface area contributed by atoms with E-state index >= 15 is 0 Å². The van der Waals surface area contributed by atoms with Crippen LogP contribution in [0.25, 0.3) is 0 Å². The van der Waals surface area contributed by atoms with Gasteiger partial charge in [0, 0.05) is 12.6 Å². The van der Waals surface area contributed by atoms with Crippen LogP contribution < -0.4 is 15.0 Å². The summed E-state index contributed by atoms with van der Waals surface area (Å²) in [5.41, 5.74) is 0.925. The number of hydrogen-bond donors (Lipinski definition) is 1. The third-order valence-corrected chi connectivity index (χ3v) is 4.13. The number of nitrogens with zero attached hydrogens (tertiary/aromatic N) is 1. The number of amides is 1. The Hall–Kier alpha value is -1.55. The monoisotopic (exact) mass is 274 g/mol. The van der Waals surface area contributed by atoms with Gasteiger partial charge in [0.05, 0.1) is 18.7 Å². The highest BCUT2D eigenvalue weighted by molar-refractivity contribution is 5.95. The Kier molecular flexibility index (Phi) is 4.21. The summed E-state index contributed by atoms with van der Waals surface area (Å²) in [6.45, 7) is 2.41. The van der Waals surface area contributed by atoms with Gasteiger partial charge in [0.2, 0.25) is 5.91 Å². The van der Waals surface area contributed by atoms with Crippen molar-refractivity contribution < 1.29 is 9.53 Å². The van der Waals surface area contributed by atoms with Crippen molar-refractivity contribution >= 4 is 11.6 Å². The van der Waals surface area contributed by atoms with Crippen molar-refractivity contribution in [1.82, 2.24) is 5.32 Å². The quantitative estimate of drug-likeness (QED) is 0.916. The van der Waals surface area contributed by atoms with Crippen LogP contribution in [0.4, 0.5) is 5.69 Å². The number of ether oxygens (including phenoxy) is 1. The molecule has 2 aliphatic heterocycles. The minimum Gasteiger partial charge on any atom is -0.491 e. The summed E-state index contributed by atoms with van der Waals surface area (Å²) in [6.07, 6.45) is 5.21. The molecule has 1 saturated heterocycles. The SMILES string of the molecule is O=C1CCOc2ccccc2N1CCCC1CCCN1. The van der Waals surface area contributed by atoms with E-state index in [1.165, 1.54) is 12.8 Å². The van der Waals surface area contributed by atoms with E-state index in [9.17, 15) is 4.79 Å². The van der Waals surface area contributed by atoms with Gasteiger partial charge in [-0.05, 0) is 44.4 Å². The molecular weight excluding hydrogens is 252 g/mol. The molecule has 1 aromatic rings. The number of para-hydroxylation sites is 2. The van der Waals surface area contributed by atoms with Gasteiger partial charge in [-0.25, -0.2) is 0 Å². The summed E-state index contributed by atoms with van der Waals surface area (Å²) in [4.78, 5) is 14.1. The van der Waals surface area contributed by atoms with Crippen LogP contribution in [0.2, 0.25) is 0 Å². The molecule has 1 amide bonds. The topological polar surface area (TPSA) is 41.6 Å². The minimum atomic E-state index is 0.175. The van der Waals surface area contributed by atoms with E-state index in [-0.39, 0.29) is 5.91 Å². The number of hydrogen-bond acceptors (Lipinski definition) is 3. The summed E-state index contributed by atoms with van der Waals surface area (Å²) in [6, 6.07) is 8.48. The Labute approximate surface area is 120 Å². The van der Waals surface area contributed by atoms with E-state index < -0.39 is 0 Å². The molecule has 4 heteroatoms. The average molecular weight is 274 g/mol. The van der Waals surface area contributed by atoms with Crippen molar-refractivity contribution in [3.8, 4) is 5.75 Å². The lowest BCUT2D eigenvalue weighted by atomic mass is 10.1. The highest BCUT2D eigenvalue weighted by Gasteiger charge is 2.23. The molecule has 1 aromatic carbocycles. The third kappa shape index (κ3) is 2.96. The van der Waals surface area contributed by atoms with Crippen molar-refractivity contribution in [2.24, 2.45) is 0 Å². The van der Waals surface area contributed by atoms with Crippen molar-refractivity contribution in [1.29, 1.82) is 0 Å². The summed E-state index contributed by atoms with van der Waals surface area (Å²) in [5, 5.41) is 3.51. The number of carbonyl (C=O) groups excluding carboxylic acids is 1. The number of anilines is 1. The lowest BCUT2D eigenvalue weighted by Gasteiger charge is -2.22.